The first-order chi connectivity index (χ1) is 13.1. The molecule has 0 saturated carbocycles. The van der Waals surface area contributed by atoms with E-state index in [-0.39, 0.29) is 10.8 Å². The van der Waals surface area contributed by atoms with Gasteiger partial charge in [-0.1, -0.05) is 79.1 Å². The molecule has 1 heterocycles. The van der Waals surface area contributed by atoms with E-state index in [0.717, 1.165) is 12.2 Å². The highest BCUT2D eigenvalue weighted by molar-refractivity contribution is 5.83. The van der Waals surface area contributed by atoms with Crippen molar-refractivity contribution < 1.29 is 4.52 Å². The molecule has 0 radical (unpaired) electrons. The quantitative estimate of drug-likeness (QED) is 0.522. The maximum atomic E-state index is 5.41. The smallest absolute Gasteiger partial charge is 0.159 e. The van der Waals surface area contributed by atoms with Crippen LogP contribution >= 0.6 is 0 Å². The second kappa shape index (κ2) is 7.54. The number of benzene rings is 1. The zero-order chi connectivity index (χ0) is 20.7. The van der Waals surface area contributed by atoms with Gasteiger partial charge in [-0.2, -0.15) is 0 Å². The van der Waals surface area contributed by atoms with Crippen LogP contribution in [0, 0.1) is 11.8 Å². The maximum absolute atomic E-state index is 5.41. The van der Waals surface area contributed by atoms with Crippen LogP contribution in [0.5, 0.6) is 0 Å². The van der Waals surface area contributed by atoms with Crippen molar-refractivity contribution in [2.45, 2.75) is 85.5 Å². The van der Waals surface area contributed by atoms with E-state index in [4.69, 9.17) is 4.52 Å². The maximum Gasteiger partial charge on any atom is 0.159 e. The Morgan fingerprint density at radius 3 is 2.32 bits per heavy atom. The van der Waals surface area contributed by atoms with Crippen LogP contribution < -0.4 is 0 Å². The third-order valence-corrected chi connectivity index (χ3v) is 7.29. The summed E-state index contributed by atoms with van der Waals surface area (Å²) in [5.41, 5.74) is 7.66. The predicted octanol–water partition coefficient (Wildman–Crippen LogP) is 7.42. The van der Waals surface area contributed by atoms with Gasteiger partial charge in [-0.15, -0.1) is 0 Å². The third kappa shape index (κ3) is 3.47. The number of hydrogen-bond donors (Lipinski definition) is 0. The van der Waals surface area contributed by atoms with Crippen molar-refractivity contribution >= 4 is 11.6 Å². The molecule has 28 heavy (non-hydrogen) atoms. The van der Waals surface area contributed by atoms with Gasteiger partial charge in [0.05, 0.1) is 6.20 Å². The minimum Gasteiger partial charge on any atom is -0.357 e. The fourth-order valence-electron chi connectivity index (χ4n) is 4.93. The highest BCUT2D eigenvalue weighted by Crippen LogP contribution is 2.54. The first-order valence-electron chi connectivity index (χ1n) is 10.9. The molecule has 0 bridgehead atoms. The normalized spacial score (nSPS) is 20.6. The summed E-state index contributed by atoms with van der Waals surface area (Å²) in [6.07, 6.45) is 7.47. The van der Waals surface area contributed by atoms with Gasteiger partial charge in [-0.05, 0) is 69.4 Å². The molecular formula is C26H37NO. The van der Waals surface area contributed by atoms with Gasteiger partial charge < -0.3 is 4.52 Å². The molecule has 1 aliphatic rings. The van der Waals surface area contributed by atoms with Crippen molar-refractivity contribution in [1.82, 2.24) is 5.16 Å². The third-order valence-electron chi connectivity index (χ3n) is 7.29. The van der Waals surface area contributed by atoms with Crippen LogP contribution in [-0.2, 0) is 17.3 Å². The summed E-state index contributed by atoms with van der Waals surface area (Å²) >= 11 is 0. The molecule has 1 unspecified atom stereocenters. The minimum atomic E-state index is 0.172. The van der Waals surface area contributed by atoms with E-state index in [0.29, 0.717) is 11.8 Å². The van der Waals surface area contributed by atoms with Gasteiger partial charge in [-0.3, -0.25) is 0 Å². The molecule has 152 valence electrons. The Hall–Kier alpha value is -1.83. The van der Waals surface area contributed by atoms with E-state index in [2.05, 4.69) is 78.8 Å². The lowest BCUT2D eigenvalue weighted by Crippen LogP contribution is -2.30. The molecule has 0 fully saturated rings. The molecule has 2 aromatic rings. The van der Waals surface area contributed by atoms with E-state index in [1.54, 1.807) is 11.8 Å². The highest BCUT2D eigenvalue weighted by atomic mass is 16.5. The highest BCUT2D eigenvalue weighted by Gasteiger charge is 2.48. The largest absolute Gasteiger partial charge is 0.357 e. The lowest BCUT2D eigenvalue weighted by molar-refractivity contribution is 0.264. The first-order valence-corrected chi connectivity index (χ1v) is 10.9. The van der Waals surface area contributed by atoms with Gasteiger partial charge in [0, 0.05) is 6.07 Å². The van der Waals surface area contributed by atoms with Crippen LogP contribution in [0.4, 0.5) is 0 Å². The number of unbranched alkanes of at least 4 members (excludes halogenated alkanes) is 1. The topological polar surface area (TPSA) is 26.0 Å². The lowest BCUT2D eigenvalue weighted by Gasteiger charge is -2.32. The number of fused-ring (bicyclic) bond motifs is 1. The van der Waals surface area contributed by atoms with Gasteiger partial charge in [0.25, 0.3) is 0 Å². The van der Waals surface area contributed by atoms with Crippen molar-refractivity contribution in [3.05, 3.63) is 52.4 Å². The number of aryl methyl sites for hydroxylation is 1. The van der Waals surface area contributed by atoms with Crippen LogP contribution in [0.25, 0.3) is 11.6 Å². The molecule has 1 aliphatic carbocycles. The number of nitrogens with zero attached hydrogens (tertiary/aromatic N) is 1. The van der Waals surface area contributed by atoms with Crippen molar-refractivity contribution in [3.8, 4) is 0 Å². The van der Waals surface area contributed by atoms with Crippen LogP contribution in [0.15, 0.2) is 28.9 Å². The fourth-order valence-corrected chi connectivity index (χ4v) is 4.93. The summed E-state index contributed by atoms with van der Waals surface area (Å²) in [5, 5.41) is 3.89. The summed E-state index contributed by atoms with van der Waals surface area (Å²) in [6.45, 7) is 18.9. The van der Waals surface area contributed by atoms with Crippen molar-refractivity contribution in [2.24, 2.45) is 11.8 Å². The lowest BCUT2D eigenvalue weighted by atomic mass is 9.71. The average molecular weight is 380 g/mol. The molecule has 1 atom stereocenters. The molecule has 1 aromatic carbocycles. The zero-order valence-corrected chi connectivity index (χ0v) is 19.0. The van der Waals surface area contributed by atoms with Crippen LogP contribution in [0.1, 0.15) is 96.2 Å². The van der Waals surface area contributed by atoms with Crippen LogP contribution in [0.2, 0.25) is 0 Å². The van der Waals surface area contributed by atoms with E-state index in [1.165, 1.54) is 35.1 Å². The number of allylic oxidation sites excluding steroid dienone is 1. The Morgan fingerprint density at radius 2 is 1.79 bits per heavy atom. The molecular weight excluding hydrogens is 342 g/mol. The molecule has 0 amide bonds. The summed E-state index contributed by atoms with van der Waals surface area (Å²) in [6, 6.07) is 6.98. The second-order valence-corrected chi connectivity index (χ2v) is 9.99. The molecule has 0 N–H and O–H groups in total. The van der Waals surface area contributed by atoms with Gasteiger partial charge in [-0.25, -0.2) is 0 Å². The molecule has 0 saturated heterocycles. The van der Waals surface area contributed by atoms with Crippen LogP contribution in [-0.4, -0.2) is 5.16 Å². The predicted molar refractivity (Wildman–Crippen MR) is 119 cm³/mol. The molecule has 0 spiro atoms. The molecule has 1 aromatic heterocycles. The minimum absolute atomic E-state index is 0.172. The summed E-state index contributed by atoms with van der Waals surface area (Å²) in [4.78, 5) is 0. The number of rotatable bonds is 6. The van der Waals surface area contributed by atoms with E-state index < -0.39 is 0 Å². The second-order valence-electron chi connectivity index (χ2n) is 9.99. The monoisotopic (exact) mass is 379 g/mol. The van der Waals surface area contributed by atoms with Crippen molar-refractivity contribution in [3.63, 3.8) is 0 Å². The number of aromatic nitrogens is 1. The van der Waals surface area contributed by atoms with Crippen molar-refractivity contribution in [2.75, 3.05) is 0 Å². The molecule has 3 rings (SSSR count). The average Bonchev–Trinajstić information content (AvgIpc) is 3.19. The van der Waals surface area contributed by atoms with Gasteiger partial charge >= 0.3 is 0 Å². The molecule has 2 nitrogen and oxygen atoms in total. The van der Waals surface area contributed by atoms with E-state index >= 15 is 0 Å². The standard InChI is InChI=1S/C26H37NO/c1-9-10-11-19-14-23-24(26(7,8)18(4)25(23,5)6)16-22(19)21(17(2)3)15-20-12-13-27-28-20/h12-18H,9-11H2,1-8H3. The van der Waals surface area contributed by atoms with Gasteiger partial charge in [0.1, 0.15) is 0 Å². The van der Waals surface area contributed by atoms with Gasteiger partial charge in [0.15, 0.2) is 5.76 Å². The van der Waals surface area contributed by atoms with Crippen molar-refractivity contribution in [1.29, 1.82) is 0 Å². The van der Waals surface area contributed by atoms with E-state index in [1.807, 2.05) is 6.07 Å². The zero-order valence-electron chi connectivity index (χ0n) is 19.0. The van der Waals surface area contributed by atoms with Crippen LogP contribution in [0.3, 0.4) is 0 Å². The van der Waals surface area contributed by atoms with Gasteiger partial charge in [0.2, 0.25) is 0 Å². The first kappa shape index (κ1) is 20.9. The Balaban J connectivity index is 2.24. The summed E-state index contributed by atoms with van der Waals surface area (Å²) in [7, 11) is 0. The Labute approximate surface area is 171 Å². The Kier molecular flexibility index (Phi) is 5.62. The Bertz CT molecular complexity index is 853. The molecule has 0 aliphatic heterocycles. The SMILES string of the molecule is CCCCc1cc2c(cc1C(=Cc1ccno1)C(C)C)C(C)(C)C(C)C2(C)C. The Morgan fingerprint density at radius 1 is 1.14 bits per heavy atom. The number of hydrogen-bond acceptors (Lipinski definition) is 2. The van der Waals surface area contributed by atoms with E-state index in [9.17, 15) is 0 Å². The molecule has 2 heteroatoms. The fraction of sp³-hybridized carbons (Fsp3) is 0.577. The summed E-state index contributed by atoms with van der Waals surface area (Å²) in [5.74, 6) is 1.85. The summed E-state index contributed by atoms with van der Waals surface area (Å²) < 4.78 is 5.41.